The molecule has 9 heteroatoms. The summed E-state index contributed by atoms with van der Waals surface area (Å²) in [5.74, 6) is -0.192. The Morgan fingerprint density at radius 3 is 2.55 bits per heavy atom. The Labute approximate surface area is 171 Å². The molecule has 29 heavy (non-hydrogen) atoms. The summed E-state index contributed by atoms with van der Waals surface area (Å²) in [6.07, 6.45) is 0. The molecule has 3 rings (SSSR count). The van der Waals surface area contributed by atoms with Crippen molar-refractivity contribution in [3.63, 3.8) is 0 Å². The normalized spacial score (nSPS) is 11.1. The van der Waals surface area contributed by atoms with Crippen molar-refractivity contribution in [2.45, 2.75) is 20.4 Å². The molecule has 2 heterocycles. The van der Waals surface area contributed by atoms with Gasteiger partial charge in [-0.15, -0.1) is 11.3 Å². The van der Waals surface area contributed by atoms with Crippen molar-refractivity contribution in [1.82, 2.24) is 14.9 Å². The molecule has 0 saturated carbocycles. The Morgan fingerprint density at radius 2 is 1.93 bits per heavy atom. The van der Waals surface area contributed by atoms with Crippen LogP contribution in [0.4, 0.5) is 5.69 Å². The Balaban J connectivity index is 1.85. The average Bonchev–Trinajstić information content (AvgIpc) is 2.99. The molecule has 0 saturated heterocycles. The van der Waals surface area contributed by atoms with Gasteiger partial charge in [-0.3, -0.25) is 9.59 Å². The standard InChI is InChI=1S/C20H22N4O4S/c1-5-28-20(27)12-6-8-13(9-7-12)21-18(26)16-11(2)15-17(25)22-14(10-24(3)4)23-19(15)29-16/h6-9H,5,10H2,1-4H3,(H,21,26)(H,22,23,25). The molecule has 152 valence electrons. The first kappa shape index (κ1) is 20.7. The lowest BCUT2D eigenvalue weighted by Gasteiger charge is -2.07. The quantitative estimate of drug-likeness (QED) is 0.601. The number of carbonyl (C=O) groups excluding carboxylic acids is 2. The van der Waals surface area contributed by atoms with Gasteiger partial charge in [-0.05, 0) is 57.8 Å². The highest BCUT2D eigenvalue weighted by atomic mass is 32.1. The van der Waals surface area contributed by atoms with E-state index in [2.05, 4.69) is 15.3 Å². The Bertz CT molecular complexity index is 1120. The van der Waals surface area contributed by atoms with Gasteiger partial charge in [0.15, 0.2) is 0 Å². The fourth-order valence-corrected chi connectivity index (χ4v) is 3.97. The average molecular weight is 414 g/mol. The summed E-state index contributed by atoms with van der Waals surface area (Å²) in [5.41, 5.74) is 1.29. The second kappa shape index (κ2) is 8.54. The molecule has 1 amide bonds. The second-order valence-electron chi connectivity index (χ2n) is 6.74. The monoisotopic (exact) mass is 414 g/mol. The van der Waals surface area contributed by atoms with Gasteiger partial charge in [0.25, 0.3) is 11.5 Å². The van der Waals surface area contributed by atoms with Gasteiger partial charge in [-0.1, -0.05) is 0 Å². The highest BCUT2D eigenvalue weighted by molar-refractivity contribution is 7.20. The summed E-state index contributed by atoms with van der Waals surface area (Å²) in [6.45, 7) is 4.27. The zero-order valence-electron chi connectivity index (χ0n) is 16.7. The topological polar surface area (TPSA) is 104 Å². The van der Waals surface area contributed by atoms with E-state index < -0.39 is 5.97 Å². The van der Waals surface area contributed by atoms with Gasteiger partial charge < -0.3 is 19.9 Å². The van der Waals surface area contributed by atoms with Crippen molar-refractivity contribution in [3.8, 4) is 0 Å². The molecule has 0 aliphatic carbocycles. The summed E-state index contributed by atoms with van der Waals surface area (Å²) < 4.78 is 4.95. The number of fused-ring (bicyclic) bond motifs is 1. The van der Waals surface area contributed by atoms with Crippen LogP contribution in [0.3, 0.4) is 0 Å². The Hall–Kier alpha value is -3.04. The summed E-state index contributed by atoms with van der Waals surface area (Å²) >= 11 is 1.19. The SMILES string of the molecule is CCOC(=O)c1ccc(NC(=O)c2sc3nc(CN(C)C)[nH]c(=O)c3c2C)cc1. The number of H-pyrrole nitrogens is 1. The van der Waals surface area contributed by atoms with E-state index in [0.717, 1.165) is 0 Å². The lowest BCUT2D eigenvalue weighted by molar-refractivity contribution is 0.0526. The van der Waals surface area contributed by atoms with E-state index in [4.69, 9.17) is 4.74 Å². The van der Waals surface area contributed by atoms with Gasteiger partial charge in [0, 0.05) is 5.69 Å². The predicted molar refractivity (Wildman–Crippen MR) is 113 cm³/mol. The number of aromatic nitrogens is 2. The lowest BCUT2D eigenvalue weighted by Crippen LogP contribution is -2.18. The zero-order valence-corrected chi connectivity index (χ0v) is 17.5. The molecular weight excluding hydrogens is 392 g/mol. The molecule has 8 nitrogen and oxygen atoms in total. The van der Waals surface area contributed by atoms with Crippen LogP contribution in [-0.4, -0.2) is 47.4 Å². The smallest absolute Gasteiger partial charge is 0.338 e. The number of nitrogens with one attached hydrogen (secondary N) is 2. The van der Waals surface area contributed by atoms with Gasteiger partial charge in [0.05, 0.1) is 29.0 Å². The molecule has 0 aliphatic heterocycles. The van der Waals surface area contributed by atoms with Gasteiger partial charge in [0.1, 0.15) is 10.7 Å². The number of amides is 1. The van der Waals surface area contributed by atoms with Crippen LogP contribution < -0.4 is 10.9 Å². The van der Waals surface area contributed by atoms with Crippen LogP contribution in [0.1, 0.15) is 38.3 Å². The number of hydrogen-bond donors (Lipinski definition) is 2. The first-order valence-electron chi connectivity index (χ1n) is 9.05. The lowest BCUT2D eigenvalue weighted by atomic mass is 10.2. The maximum absolute atomic E-state index is 12.8. The number of ether oxygens (including phenoxy) is 1. The summed E-state index contributed by atoms with van der Waals surface area (Å²) in [7, 11) is 3.77. The molecule has 0 bridgehead atoms. The minimum Gasteiger partial charge on any atom is -0.462 e. The van der Waals surface area contributed by atoms with E-state index in [0.29, 0.717) is 50.9 Å². The highest BCUT2D eigenvalue weighted by Crippen LogP contribution is 2.28. The molecule has 0 radical (unpaired) electrons. The van der Waals surface area contributed by atoms with Gasteiger partial charge >= 0.3 is 5.97 Å². The van der Waals surface area contributed by atoms with Crippen molar-refractivity contribution < 1.29 is 14.3 Å². The summed E-state index contributed by atoms with van der Waals surface area (Å²) in [6, 6.07) is 6.44. The number of aromatic amines is 1. The predicted octanol–water partition coefficient (Wildman–Crippen LogP) is 2.78. The summed E-state index contributed by atoms with van der Waals surface area (Å²) in [5, 5.41) is 3.23. The number of thiophene rings is 1. The molecule has 2 aromatic heterocycles. The van der Waals surface area contributed by atoms with Gasteiger partial charge in [-0.2, -0.15) is 0 Å². The van der Waals surface area contributed by atoms with Crippen molar-refractivity contribution >= 4 is 39.1 Å². The van der Waals surface area contributed by atoms with E-state index in [-0.39, 0.29) is 11.5 Å². The number of hydrogen-bond acceptors (Lipinski definition) is 7. The molecule has 0 aliphatic rings. The minimum atomic E-state index is -0.412. The number of nitrogens with zero attached hydrogens (tertiary/aromatic N) is 2. The molecule has 2 N–H and O–H groups in total. The number of rotatable bonds is 6. The third-order valence-corrected chi connectivity index (χ3v) is 5.36. The van der Waals surface area contributed by atoms with Crippen molar-refractivity contribution in [1.29, 1.82) is 0 Å². The van der Waals surface area contributed by atoms with Crippen LogP contribution in [0.5, 0.6) is 0 Å². The Kier molecular flexibility index (Phi) is 6.09. The molecular formula is C20H22N4O4S. The van der Waals surface area contributed by atoms with E-state index >= 15 is 0 Å². The van der Waals surface area contributed by atoms with E-state index in [9.17, 15) is 14.4 Å². The molecule has 1 aromatic carbocycles. The number of anilines is 1. The van der Waals surface area contributed by atoms with Crippen LogP contribution in [0.2, 0.25) is 0 Å². The molecule has 3 aromatic rings. The second-order valence-corrected chi connectivity index (χ2v) is 7.74. The maximum atomic E-state index is 12.8. The van der Waals surface area contributed by atoms with Gasteiger partial charge in [-0.25, -0.2) is 9.78 Å². The maximum Gasteiger partial charge on any atom is 0.338 e. The molecule has 0 atom stereocenters. The van der Waals surface area contributed by atoms with E-state index in [1.807, 2.05) is 19.0 Å². The van der Waals surface area contributed by atoms with Crippen LogP contribution in [0.25, 0.3) is 10.2 Å². The summed E-state index contributed by atoms with van der Waals surface area (Å²) in [4.78, 5) is 47.1. The van der Waals surface area contributed by atoms with Crippen LogP contribution >= 0.6 is 11.3 Å². The third kappa shape index (κ3) is 4.52. The number of carbonyl (C=O) groups is 2. The Morgan fingerprint density at radius 1 is 1.24 bits per heavy atom. The molecule has 0 spiro atoms. The van der Waals surface area contributed by atoms with Gasteiger partial charge in [0.2, 0.25) is 0 Å². The highest BCUT2D eigenvalue weighted by Gasteiger charge is 2.20. The third-order valence-electron chi connectivity index (χ3n) is 4.18. The van der Waals surface area contributed by atoms with Crippen molar-refractivity contribution in [2.24, 2.45) is 0 Å². The fourth-order valence-electron chi connectivity index (χ4n) is 2.87. The first-order valence-corrected chi connectivity index (χ1v) is 9.87. The van der Waals surface area contributed by atoms with Crippen molar-refractivity contribution in [3.05, 3.63) is 56.4 Å². The van der Waals surface area contributed by atoms with Crippen LogP contribution in [0, 0.1) is 6.92 Å². The number of aryl methyl sites for hydroxylation is 1. The fraction of sp³-hybridized carbons (Fsp3) is 0.300. The minimum absolute atomic E-state index is 0.251. The number of benzene rings is 1. The molecule has 0 unspecified atom stereocenters. The van der Waals surface area contributed by atoms with E-state index in [1.54, 1.807) is 38.1 Å². The first-order chi connectivity index (χ1) is 13.8. The zero-order chi connectivity index (χ0) is 21.1. The van der Waals surface area contributed by atoms with Crippen LogP contribution in [-0.2, 0) is 11.3 Å². The number of esters is 1. The van der Waals surface area contributed by atoms with Crippen LogP contribution in [0.15, 0.2) is 29.1 Å². The molecule has 0 fully saturated rings. The largest absolute Gasteiger partial charge is 0.462 e. The van der Waals surface area contributed by atoms with E-state index in [1.165, 1.54) is 11.3 Å². The van der Waals surface area contributed by atoms with Crippen molar-refractivity contribution in [2.75, 3.05) is 26.0 Å².